The Morgan fingerprint density at radius 2 is 1.87 bits per heavy atom. The Bertz CT molecular complexity index is 684. The molecule has 2 aromatic rings. The molecule has 1 aliphatic heterocycles. The van der Waals surface area contributed by atoms with Crippen LogP contribution >= 0.6 is 11.8 Å². The summed E-state index contributed by atoms with van der Waals surface area (Å²) >= 11 is 1.72. The van der Waals surface area contributed by atoms with Gasteiger partial charge in [-0.3, -0.25) is 4.79 Å². The Kier molecular flexibility index (Phi) is 4.91. The lowest BCUT2D eigenvalue weighted by molar-refractivity contribution is 0.0771. The minimum atomic E-state index is 0.0543. The molecule has 23 heavy (non-hydrogen) atoms. The Balaban J connectivity index is 1.87. The average Bonchev–Trinajstić information content (AvgIpc) is 2.86. The highest BCUT2D eigenvalue weighted by atomic mass is 32.2. The van der Waals surface area contributed by atoms with Gasteiger partial charge in [-0.2, -0.15) is 0 Å². The molecule has 120 valence electrons. The highest BCUT2D eigenvalue weighted by molar-refractivity contribution is 7.99. The zero-order valence-corrected chi connectivity index (χ0v) is 14.3. The van der Waals surface area contributed by atoms with E-state index in [4.69, 9.17) is 4.74 Å². The Morgan fingerprint density at radius 1 is 1.13 bits per heavy atom. The summed E-state index contributed by atoms with van der Waals surface area (Å²) in [5.41, 5.74) is 1.96. The lowest BCUT2D eigenvalue weighted by Crippen LogP contribution is -2.27. The summed E-state index contributed by atoms with van der Waals surface area (Å²) in [5, 5.41) is 0.0543. The quantitative estimate of drug-likeness (QED) is 0.767. The van der Waals surface area contributed by atoms with Crippen LogP contribution in [0.2, 0.25) is 0 Å². The molecule has 0 saturated carbocycles. The second kappa shape index (κ2) is 7.09. The van der Waals surface area contributed by atoms with Gasteiger partial charge in [0.1, 0.15) is 11.1 Å². The van der Waals surface area contributed by atoms with Crippen molar-refractivity contribution in [3.05, 3.63) is 59.7 Å². The molecule has 0 unspecified atom stereocenters. The molecule has 1 heterocycles. The van der Waals surface area contributed by atoms with Crippen LogP contribution in [0.4, 0.5) is 0 Å². The molecule has 0 saturated heterocycles. The van der Waals surface area contributed by atoms with Gasteiger partial charge in [0.15, 0.2) is 0 Å². The number of nitrogens with zero attached hydrogens (tertiary/aromatic N) is 1. The molecule has 1 atom stereocenters. The number of carbonyl (C=O) groups excluding carboxylic acids is 1. The Morgan fingerprint density at radius 3 is 2.57 bits per heavy atom. The fraction of sp³-hybridized carbons (Fsp3) is 0.316. The number of unbranched alkanes of at least 4 members (excludes halogenated alkanes) is 1. The number of fused-ring (bicyclic) bond motifs is 1. The van der Waals surface area contributed by atoms with Crippen LogP contribution in [0.1, 0.15) is 41.1 Å². The first-order valence-electron chi connectivity index (χ1n) is 7.95. The van der Waals surface area contributed by atoms with Crippen molar-refractivity contribution < 1.29 is 9.53 Å². The van der Waals surface area contributed by atoms with Crippen LogP contribution < -0.4 is 4.74 Å². The fourth-order valence-corrected chi connectivity index (χ4v) is 4.01. The molecule has 0 aliphatic carbocycles. The summed E-state index contributed by atoms with van der Waals surface area (Å²) in [4.78, 5) is 15.8. The van der Waals surface area contributed by atoms with E-state index in [1.165, 1.54) is 0 Å². The minimum absolute atomic E-state index is 0.0543. The SMILES string of the molecule is CCCCN1C(=O)c2ccccc2[C@@H]1Sc1ccc(OC)cc1. The van der Waals surface area contributed by atoms with Crippen molar-refractivity contribution in [1.82, 2.24) is 4.90 Å². The predicted molar refractivity (Wildman–Crippen MR) is 94.0 cm³/mol. The maximum Gasteiger partial charge on any atom is 0.255 e. The molecular formula is C19H21NO2S. The molecule has 0 bridgehead atoms. The van der Waals surface area contributed by atoms with Gasteiger partial charge in [-0.25, -0.2) is 0 Å². The van der Waals surface area contributed by atoms with Gasteiger partial charge in [0.05, 0.1) is 7.11 Å². The molecule has 1 aliphatic rings. The lowest BCUT2D eigenvalue weighted by Gasteiger charge is -2.25. The predicted octanol–water partition coefficient (Wildman–Crippen LogP) is 4.74. The van der Waals surface area contributed by atoms with Gasteiger partial charge in [-0.1, -0.05) is 43.3 Å². The van der Waals surface area contributed by atoms with Gasteiger partial charge in [-0.15, -0.1) is 0 Å². The van der Waals surface area contributed by atoms with Crippen molar-refractivity contribution in [3.63, 3.8) is 0 Å². The van der Waals surface area contributed by atoms with Gasteiger partial charge in [0, 0.05) is 17.0 Å². The van der Waals surface area contributed by atoms with Crippen molar-refractivity contribution in [1.29, 1.82) is 0 Å². The smallest absolute Gasteiger partial charge is 0.255 e. The number of rotatable bonds is 6. The lowest BCUT2D eigenvalue weighted by atomic mass is 10.1. The summed E-state index contributed by atoms with van der Waals surface area (Å²) in [5.74, 6) is 1.00. The first-order valence-corrected chi connectivity index (χ1v) is 8.83. The molecule has 0 N–H and O–H groups in total. The van der Waals surface area contributed by atoms with E-state index in [1.54, 1.807) is 18.9 Å². The zero-order valence-electron chi connectivity index (χ0n) is 13.5. The van der Waals surface area contributed by atoms with E-state index < -0.39 is 0 Å². The summed E-state index contributed by atoms with van der Waals surface area (Å²) < 4.78 is 5.21. The molecule has 3 nitrogen and oxygen atoms in total. The molecule has 4 heteroatoms. The van der Waals surface area contributed by atoms with Gasteiger partial charge in [0.25, 0.3) is 5.91 Å². The largest absolute Gasteiger partial charge is 0.497 e. The van der Waals surface area contributed by atoms with Gasteiger partial charge in [0.2, 0.25) is 0 Å². The first kappa shape index (κ1) is 15.9. The van der Waals surface area contributed by atoms with Crippen molar-refractivity contribution in [2.75, 3.05) is 13.7 Å². The molecule has 0 spiro atoms. The summed E-state index contributed by atoms with van der Waals surface area (Å²) in [6.07, 6.45) is 2.11. The van der Waals surface area contributed by atoms with Crippen LogP contribution in [0.5, 0.6) is 5.75 Å². The first-order chi connectivity index (χ1) is 11.2. The zero-order chi connectivity index (χ0) is 16.2. The van der Waals surface area contributed by atoms with Crippen LogP contribution in [0.25, 0.3) is 0 Å². The normalized spacial score (nSPS) is 16.5. The fourth-order valence-electron chi connectivity index (χ4n) is 2.79. The van der Waals surface area contributed by atoms with E-state index in [1.807, 2.05) is 47.4 Å². The second-order valence-electron chi connectivity index (χ2n) is 5.59. The highest BCUT2D eigenvalue weighted by Gasteiger charge is 2.36. The van der Waals surface area contributed by atoms with Gasteiger partial charge >= 0.3 is 0 Å². The molecule has 0 radical (unpaired) electrons. The van der Waals surface area contributed by atoms with E-state index in [9.17, 15) is 4.79 Å². The maximum absolute atomic E-state index is 12.7. The summed E-state index contributed by atoms with van der Waals surface area (Å²) in [6.45, 7) is 2.96. The Hall–Kier alpha value is -1.94. The molecule has 3 rings (SSSR count). The number of amides is 1. The monoisotopic (exact) mass is 327 g/mol. The maximum atomic E-state index is 12.7. The molecule has 2 aromatic carbocycles. The van der Waals surface area contributed by atoms with E-state index in [0.29, 0.717) is 0 Å². The molecular weight excluding hydrogens is 306 g/mol. The van der Waals surface area contributed by atoms with E-state index >= 15 is 0 Å². The number of thioether (sulfide) groups is 1. The summed E-state index contributed by atoms with van der Waals surface area (Å²) in [7, 11) is 1.67. The van der Waals surface area contributed by atoms with Crippen LogP contribution in [0.3, 0.4) is 0 Å². The third-order valence-corrected chi connectivity index (χ3v) is 5.34. The number of methoxy groups -OCH3 is 1. The number of hydrogen-bond donors (Lipinski definition) is 0. The van der Waals surface area contributed by atoms with E-state index in [2.05, 4.69) is 13.0 Å². The number of ether oxygens (including phenoxy) is 1. The third-order valence-electron chi connectivity index (χ3n) is 4.06. The minimum Gasteiger partial charge on any atom is -0.497 e. The number of carbonyl (C=O) groups is 1. The third kappa shape index (κ3) is 3.22. The highest BCUT2D eigenvalue weighted by Crippen LogP contribution is 2.44. The van der Waals surface area contributed by atoms with Gasteiger partial charge < -0.3 is 9.64 Å². The van der Waals surface area contributed by atoms with Crippen molar-refractivity contribution >= 4 is 17.7 Å². The van der Waals surface area contributed by atoms with Crippen LogP contribution in [-0.4, -0.2) is 24.5 Å². The molecule has 0 fully saturated rings. The standard InChI is InChI=1S/C19H21NO2S/c1-3-4-13-20-18(21)16-7-5-6-8-17(16)19(20)23-15-11-9-14(22-2)10-12-15/h5-12,19H,3-4,13H2,1-2H3/t19-/m0/s1. The van der Waals surface area contributed by atoms with Crippen LogP contribution in [-0.2, 0) is 0 Å². The average molecular weight is 327 g/mol. The van der Waals surface area contributed by atoms with E-state index in [0.717, 1.165) is 41.2 Å². The topological polar surface area (TPSA) is 29.5 Å². The van der Waals surface area contributed by atoms with Crippen molar-refractivity contribution in [2.24, 2.45) is 0 Å². The molecule has 0 aromatic heterocycles. The Labute approximate surface area is 141 Å². The van der Waals surface area contributed by atoms with Crippen molar-refractivity contribution in [2.45, 2.75) is 30.0 Å². The van der Waals surface area contributed by atoms with Crippen molar-refractivity contribution in [3.8, 4) is 5.75 Å². The number of hydrogen-bond acceptors (Lipinski definition) is 3. The van der Waals surface area contributed by atoms with Gasteiger partial charge in [-0.05, 0) is 42.3 Å². The molecule has 1 amide bonds. The van der Waals surface area contributed by atoms with Crippen LogP contribution in [0, 0.1) is 0 Å². The number of benzene rings is 2. The van der Waals surface area contributed by atoms with E-state index in [-0.39, 0.29) is 11.3 Å². The summed E-state index contributed by atoms with van der Waals surface area (Å²) in [6, 6.07) is 16.0. The van der Waals surface area contributed by atoms with Crippen LogP contribution in [0.15, 0.2) is 53.4 Å². The second-order valence-corrected chi connectivity index (χ2v) is 6.74.